The molecule has 116 valence electrons. The topological polar surface area (TPSA) is 90.1 Å². The van der Waals surface area contributed by atoms with E-state index in [4.69, 9.17) is 0 Å². The van der Waals surface area contributed by atoms with Crippen molar-refractivity contribution < 1.29 is 9.59 Å². The molecule has 3 rings (SSSR count). The SMILES string of the molecule is CC(NC(=O)c1n[nH]c2ccccc12)C(=O)N1CCNCC1. The third-order valence-electron chi connectivity index (χ3n) is 3.83. The minimum atomic E-state index is -0.568. The van der Waals surface area contributed by atoms with E-state index in [0.717, 1.165) is 24.0 Å². The summed E-state index contributed by atoms with van der Waals surface area (Å²) in [5.41, 5.74) is 1.12. The quantitative estimate of drug-likeness (QED) is 0.751. The van der Waals surface area contributed by atoms with Crippen molar-refractivity contribution in [1.82, 2.24) is 25.7 Å². The van der Waals surface area contributed by atoms with Gasteiger partial charge in [0.1, 0.15) is 6.04 Å². The number of hydrogen-bond acceptors (Lipinski definition) is 4. The monoisotopic (exact) mass is 301 g/mol. The molecule has 1 aromatic heterocycles. The zero-order valence-electron chi connectivity index (χ0n) is 12.4. The maximum Gasteiger partial charge on any atom is 0.273 e. The number of fused-ring (bicyclic) bond motifs is 1. The summed E-state index contributed by atoms with van der Waals surface area (Å²) < 4.78 is 0. The van der Waals surface area contributed by atoms with Gasteiger partial charge in [0.15, 0.2) is 5.69 Å². The van der Waals surface area contributed by atoms with Crippen molar-refractivity contribution in [2.24, 2.45) is 0 Å². The fourth-order valence-electron chi connectivity index (χ4n) is 2.62. The summed E-state index contributed by atoms with van der Waals surface area (Å²) in [4.78, 5) is 26.4. The summed E-state index contributed by atoms with van der Waals surface area (Å²) in [6.45, 7) is 4.62. The number of rotatable bonds is 3. The number of H-pyrrole nitrogens is 1. The Morgan fingerprint density at radius 2 is 2.00 bits per heavy atom. The lowest BCUT2D eigenvalue weighted by molar-refractivity contribution is -0.133. The average Bonchev–Trinajstić information content (AvgIpc) is 2.99. The van der Waals surface area contributed by atoms with Gasteiger partial charge in [-0.15, -0.1) is 0 Å². The molecule has 2 aromatic rings. The van der Waals surface area contributed by atoms with E-state index in [1.165, 1.54) is 0 Å². The van der Waals surface area contributed by atoms with Gasteiger partial charge in [0.25, 0.3) is 5.91 Å². The van der Waals surface area contributed by atoms with Crippen LogP contribution in [0.5, 0.6) is 0 Å². The minimum Gasteiger partial charge on any atom is -0.339 e. The van der Waals surface area contributed by atoms with Crippen molar-refractivity contribution in [3.63, 3.8) is 0 Å². The first kappa shape index (κ1) is 14.5. The fraction of sp³-hybridized carbons (Fsp3) is 0.400. The molecule has 0 aliphatic carbocycles. The number of benzene rings is 1. The summed E-state index contributed by atoms with van der Waals surface area (Å²) in [5.74, 6) is -0.400. The lowest BCUT2D eigenvalue weighted by Gasteiger charge is -2.29. The Hall–Kier alpha value is -2.41. The number of piperazine rings is 1. The van der Waals surface area contributed by atoms with E-state index in [1.807, 2.05) is 24.3 Å². The molecule has 0 saturated carbocycles. The van der Waals surface area contributed by atoms with Crippen LogP contribution in [0.1, 0.15) is 17.4 Å². The Bertz CT molecular complexity index is 690. The van der Waals surface area contributed by atoms with Crippen molar-refractivity contribution in [3.05, 3.63) is 30.0 Å². The molecule has 1 saturated heterocycles. The highest BCUT2D eigenvalue weighted by Gasteiger charge is 2.24. The highest BCUT2D eigenvalue weighted by Crippen LogP contribution is 2.15. The largest absolute Gasteiger partial charge is 0.339 e. The number of aromatic nitrogens is 2. The molecule has 7 nitrogen and oxygen atoms in total. The molecule has 2 amide bonds. The third kappa shape index (κ3) is 2.80. The number of para-hydroxylation sites is 1. The van der Waals surface area contributed by atoms with Gasteiger partial charge in [0.2, 0.25) is 5.91 Å². The van der Waals surface area contributed by atoms with Crippen molar-refractivity contribution in [2.75, 3.05) is 26.2 Å². The smallest absolute Gasteiger partial charge is 0.273 e. The Labute approximate surface area is 128 Å². The summed E-state index contributed by atoms with van der Waals surface area (Å²) in [7, 11) is 0. The Kier molecular flexibility index (Phi) is 4.06. The van der Waals surface area contributed by atoms with Crippen LogP contribution in [-0.4, -0.2) is 59.1 Å². The second-order valence-electron chi connectivity index (χ2n) is 5.39. The number of carbonyl (C=O) groups excluding carboxylic acids is 2. The molecule has 1 unspecified atom stereocenters. The van der Waals surface area contributed by atoms with Crippen LogP contribution in [0.4, 0.5) is 0 Å². The lowest BCUT2D eigenvalue weighted by Crippen LogP contribution is -2.53. The Balaban J connectivity index is 1.69. The van der Waals surface area contributed by atoms with Gasteiger partial charge in [-0.25, -0.2) is 0 Å². The summed E-state index contributed by atoms with van der Waals surface area (Å²) in [5, 5.41) is 13.6. The maximum atomic E-state index is 12.3. The van der Waals surface area contributed by atoms with Crippen LogP contribution in [0.25, 0.3) is 10.9 Å². The van der Waals surface area contributed by atoms with Crippen molar-refractivity contribution >= 4 is 22.7 Å². The van der Waals surface area contributed by atoms with Gasteiger partial charge in [-0.3, -0.25) is 14.7 Å². The van der Waals surface area contributed by atoms with E-state index in [1.54, 1.807) is 11.8 Å². The van der Waals surface area contributed by atoms with Crippen LogP contribution < -0.4 is 10.6 Å². The zero-order valence-corrected chi connectivity index (χ0v) is 12.4. The summed E-state index contributed by atoms with van der Waals surface area (Å²) in [6.07, 6.45) is 0. The van der Waals surface area contributed by atoms with E-state index in [2.05, 4.69) is 20.8 Å². The van der Waals surface area contributed by atoms with Gasteiger partial charge in [-0.1, -0.05) is 18.2 Å². The molecular formula is C15H19N5O2. The molecule has 1 atom stereocenters. The normalized spacial score (nSPS) is 16.5. The van der Waals surface area contributed by atoms with Crippen molar-refractivity contribution in [3.8, 4) is 0 Å². The first-order valence-corrected chi connectivity index (χ1v) is 7.40. The van der Waals surface area contributed by atoms with Crippen LogP contribution in [0.15, 0.2) is 24.3 Å². The van der Waals surface area contributed by atoms with E-state index in [0.29, 0.717) is 18.8 Å². The Morgan fingerprint density at radius 1 is 1.27 bits per heavy atom. The molecule has 0 bridgehead atoms. The summed E-state index contributed by atoms with van der Waals surface area (Å²) in [6, 6.07) is 6.84. The molecule has 0 radical (unpaired) electrons. The first-order valence-electron chi connectivity index (χ1n) is 7.40. The lowest BCUT2D eigenvalue weighted by atomic mass is 10.2. The fourth-order valence-corrected chi connectivity index (χ4v) is 2.62. The van der Waals surface area contributed by atoms with Crippen LogP contribution in [-0.2, 0) is 4.79 Å². The van der Waals surface area contributed by atoms with E-state index in [-0.39, 0.29) is 11.8 Å². The third-order valence-corrected chi connectivity index (χ3v) is 3.83. The van der Waals surface area contributed by atoms with Crippen LogP contribution in [0.3, 0.4) is 0 Å². The van der Waals surface area contributed by atoms with Crippen LogP contribution in [0.2, 0.25) is 0 Å². The van der Waals surface area contributed by atoms with Crippen molar-refractivity contribution in [1.29, 1.82) is 0 Å². The molecule has 1 aliphatic heterocycles. The molecule has 1 fully saturated rings. The zero-order chi connectivity index (χ0) is 15.5. The van der Waals surface area contributed by atoms with E-state index in [9.17, 15) is 9.59 Å². The van der Waals surface area contributed by atoms with Gasteiger partial charge in [-0.2, -0.15) is 5.10 Å². The molecule has 22 heavy (non-hydrogen) atoms. The summed E-state index contributed by atoms with van der Waals surface area (Å²) >= 11 is 0. The van der Waals surface area contributed by atoms with Gasteiger partial charge >= 0.3 is 0 Å². The second-order valence-corrected chi connectivity index (χ2v) is 5.39. The molecule has 7 heteroatoms. The second kappa shape index (κ2) is 6.15. The standard InChI is InChI=1S/C15H19N5O2/c1-10(15(22)20-8-6-16-7-9-20)17-14(21)13-11-4-2-3-5-12(11)18-19-13/h2-5,10,16H,6-9H2,1H3,(H,17,21)(H,18,19). The maximum absolute atomic E-state index is 12.3. The van der Waals surface area contributed by atoms with Gasteiger partial charge in [0, 0.05) is 31.6 Å². The van der Waals surface area contributed by atoms with Gasteiger partial charge in [0.05, 0.1) is 5.52 Å². The van der Waals surface area contributed by atoms with E-state index >= 15 is 0 Å². The minimum absolute atomic E-state index is 0.0605. The molecule has 3 N–H and O–H groups in total. The highest BCUT2D eigenvalue weighted by molar-refractivity contribution is 6.05. The highest BCUT2D eigenvalue weighted by atomic mass is 16.2. The first-order chi connectivity index (χ1) is 10.7. The van der Waals surface area contributed by atoms with Crippen LogP contribution in [0, 0.1) is 0 Å². The number of aromatic amines is 1. The van der Waals surface area contributed by atoms with E-state index < -0.39 is 6.04 Å². The van der Waals surface area contributed by atoms with Crippen molar-refractivity contribution in [2.45, 2.75) is 13.0 Å². The van der Waals surface area contributed by atoms with Gasteiger partial charge < -0.3 is 15.5 Å². The number of hydrogen-bond donors (Lipinski definition) is 3. The average molecular weight is 301 g/mol. The van der Waals surface area contributed by atoms with Gasteiger partial charge in [-0.05, 0) is 13.0 Å². The Morgan fingerprint density at radius 3 is 2.77 bits per heavy atom. The molecule has 1 aliphatic rings. The number of amides is 2. The predicted octanol–water partition coefficient (Wildman–Crippen LogP) is 0.113. The van der Waals surface area contributed by atoms with Crippen LogP contribution >= 0.6 is 0 Å². The molecular weight excluding hydrogens is 282 g/mol. The molecule has 1 aromatic carbocycles. The number of carbonyl (C=O) groups is 2. The number of nitrogens with one attached hydrogen (secondary N) is 3. The molecule has 0 spiro atoms. The number of nitrogens with zero attached hydrogens (tertiary/aromatic N) is 2. The predicted molar refractivity (Wildman–Crippen MR) is 82.5 cm³/mol. The molecule has 2 heterocycles.